The monoisotopic (exact) mass is 564 g/mol. The van der Waals surface area contributed by atoms with Crippen LogP contribution in [0.25, 0.3) is 0 Å². The van der Waals surface area contributed by atoms with Crippen molar-refractivity contribution in [2.24, 2.45) is 11.1 Å². The van der Waals surface area contributed by atoms with Gasteiger partial charge in [0.2, 0.25) is 5.91 Å². The molecule has 0 saturated carbocycles. The van der Waals surface area contributed by atoms with E-state index in [1.54, 1.807) is 25.8 Å². The Morgan fingerprint density at radius 3 is 2.65 bits per heavy atom. The van der Waals surface area contributed by atoms with Crippen LogP contribution >= 0.6 is 11.8 Å². The number of carbonyl (C=O) groups is 2. The molecule has 1 heterocycles. The second kappa shape index (κ2) is 14.7. The van der Waals surface area contributed by atoms with Gasteiger partial charge in [-0.15, -0.1) is 11.8 Å². The second-order valence-corrected chi connectivity index (χ2v) is 10.3. The number of hydrogen-bond donors (Lipinski definition) is 0. The molecular formula is C31H36N2O6S. The molecule has 4 rings (SSSR count). The van der Waals surface area contributed by atoms with Crippen LogP contribution in [0.5, 0.6) is 5.75 Å². The molecule has 212 valence electrons. The molecule has 0 N–H and O–H groups in total. The van der Waals surface area contributed by atoms with Gasteiger partial charge in [-0.1, -0.05) is 41.6 Å². The number of amides is 1. The summed E-state index contributed by atoms with van der Waals surface area (Å²) in [6.07, 6.45) is 8.60. The number of fused-ring (bicyclic) bond motifs is 1. The van der Waals surface area contributed by atoms with Crippen molar-refractivity contribution in [2.45, 2.75) is 37.7 Å². The first-order valence-corrected chi connectivity index (χ1v) is 14.5. The number of allylic oxidation sites excluding steroid dienone is 4. The van der Waals surface area contributed by atoms with Crippen molar-refractivity contribution in [3.63, 3.8) is 0 Å². The van der Waals surface area contributed by atoms with E-state index in [4.69, 9.17) is 19.0 Å². The van der Waals surface area contributed by atoms with Crippen LogP contribution < -0.4 is 9.64 Å². The van der Waals surface area contributed by atoms with Crippen molar-refractivity contribution in [3.05, 3.63) is 77.9 Å². The van der Waals surface area contributed by atoms with Gasteiger partial charge in [0.25, 0.3) is 0 Å². The fraction of sp³-hybridized carbons (Fsp3) is 0.387. The summed E-state index contributed by atoms with van der Waals surface area (Å²) in [4.78, 5) is 32.9. The van der Waals surface area contributed by atoms with Gasteiger partial charge in [-0.3, -0.25) is 4.79 Å². The highest BCUT2D eigenvalue weighted by Crippen LogP contribution is 2.36. The van der Waals surface area contributed by atoms with E-state index in [9.17, 15) is 9.59 Å². The highest BCUT2D eigenvalue weighted by Gasteiger charge is 2.26. The maximum Gasteiger partial charge on any atom is 0.335 e. The summed E-state index contributed by atoms with van der Waals surface area (Å²) in [6, 6.07) is 13.9. The molecule has 0 aromatic heterocycles. The first-order valence-electron chi connectivity index (χ1n) is 13.5. The Balaban J connectivity index is 1.37. The zero-order valence-corrected chi connectivity index (χ0v) is 24.0. The molecule has 1 aliphatic heterocycles. The van der Waals surface area contributed by atoms with Crippen LogP contribution in [-0.2, 0) is 36.7 Å². The Labute approximate surface area is 240 Å². The molecule has 0 saturated heterocycles. The zero-order chi connectivity index (χ0) is 28.3. The first kappa shape index (κ1) is 29.4. The molecule has 1 aliphatic carbocycles. The summed E-state index contributed by atoms with van der Waals surface area (Å²) in [7, 11) is 1.55. The Morgan fingerprint density at radius 2 is 1.90 bits per heavy atom. The SMILES string of the molecule is CCOC(=O)C(Cc1ccc(OCCN2C(=O)CSc3ccc(CC4C=CC=CC4=NOC)cc32)cc1)OCC. The average Bonchev–Trinajstić information content (AvgIpc) is 2.96. The predicted molar refractivity (Wildman–Crippen MR) is 157 cm³/mol. The predicted octanol–water partition coefficient (Wildman–Crippen LogP) is 5.00. The second-order valence-electron chi connectivity index (χ2n) is 9.28. The standard InChI is InChI=1S/C31H36N2O6S/c1-4-37-28(31(35)38-5-2)20-22-10-13-25(14-11-22)39-17-16-33-27-19-23(12-15-29(27)40-21-30(33)34)18-24-8-6-7-9-26(24)32-36-3/h6-15,19,24,28H,4-5,16-18,20-21H2,1-3H3. The number of carbonyl (C=O) groups excluding carboxylic acids is 2. The van der Waals surface area contributed by atoms with Crippen molar-refractivity contribution in [1.82, 2.24) is 0 Å². The van der Waals surface area contributed by atoms with Crippen molar-refractivity contribution < 1.29 is 28.6 Å². The maximum absolute atomic E-state index is 12.9. The lowest BCUT2D eigenvalue weighted by atomic mass is 9.91. The van der Waals surface area contributed by atoms with Crippen molar-refractivity contribution in [3.8, 4) is 5.75 Å². The number of oxime groups is 1. The Bertz CT molecular complexity index is 1260. The molecule has 8 nitrogen and oxygen atoms in total. The van der Waals surface area contributed by atoms with Gasteiger partial charge in [0, 0.05) is 23.8 Å². The number of esters is 1. The minimum atomic E-state index is -0.630. The van der Waals surface area contributed by atoms with E-state index in [0.717, 1.165) is 33.8 Å². The number of benzene rings is 2. The van der Waals surface area contributed by atoms with Gasteiger partial charge in [0.15, 0.2) is 6.10 Å². The number of hydrogen-bond acceptors (Lipinski definition) is 8. The molecule has 2 atom stereocenters. The molecule has 2 aliphatic rings. The summed E-state index contributed by atoms with van der Waals surface area (Å²) >= 11 is 1.56. The quantitative estimate of drug-likeness (QED) is 0.250. The Hall–Kier alpha value is -3.56. The molecular weight excluding hydrogens is 528 g/mol. The minimum absolute atomic E-state index is 0.0664. The molecule has 9 heteroatoms. The number of rotatable bonds is 13. The van der Waals surface area contributed by atoms with E-state index in [0.29, 0.717) is 44.3 Å². The van der Waals surface area contributed by atoms with E-state index >= 15 is 0 Å². The van der Waals surface area contributed by atoms with Crippen LogP contribution in [0.1, 0.15) is 25.0 Å². The smallest absolute Gasteiger partial charge is 0.335 e. The van der Waals surface area contributed by atoms with Gasteiger partial charge >= 0.3 is 5.97 Å². The van der Waals surface area contributed by atoms with Crippen LogP contribution in [0.4, 0.5) is 5.69 Å². The summed E-state index contributed by atoms with van der Waals surface area (Å²) in [6.45, 7) is 5.18. The molecule has 2 aromatic rings. The minimum Gasteiger partial charge on any atom is -0.492 e. The summed E-state index contributed by atoms with van der Waals surface area (Å²) in [5.41, 5.74) is 3.86. The molecule has 0 spiro atoms. The van der Waals surface area contributed by atoms with E-state index in [2.05, 4.69) is 29.4 Å². The molecule has 2 unspecified atom stereocenters. The average molecular weight is 565 g/mol. The number of anilines is 1. The topological polar surface area (TPSA) is 86.7 Å². The molecule has 40 heavy (non-hydrogen) atoms. The van der Waals surface area contributed by atoms with Gasteiger partial charge in [0.1, 0.15) is 19.5 Å². The Kier molecular flexibility index (Phi) is 10.8. The maximum atomic E-state index is 12.9. The van der Waals surface area contributed by atoms with Crippen molar-refractivity contribution in [1.29, 1.82) is 0 Å². The fourth-order valence-electron chi connectivity index (χ4n) is 4.66. The lowest BCUT2D eigenvalue weighted by Gasteiger charge is -2.29. The molecule has 2 aromatic carbocycles. The van der Waals surface area contributed by atoms with E-state index in [1.807, 2.05) is 54.3 Å². The molecule has 0 radical (unpaired) electrons. The largest absolute Gasteiger partial charge is 0.492 e. The lowest BCUT2D eigenvalue weighted by molar-refractivity contribution is -0.156. The highest BCUT2D eigenvalue weighted by molar-refractivity contribution is 8.00. The number of ether oxygens (including phenoxy) is 3. The summed E-state index contributed by atoms with van der Waals surface area (Å²) < 4.78 is 16.7. The van der Waals surface area contributed by atoms with Gasteiger partial charge in [0.05, 0.1) is 30.3 Å². The lowest BCUT2D eigenvalue weighted by Crippen LogP contribution is -2.38. The van der Waals surface area contributed by atoms with E-state index < -0.39 is 6.10 Å². The summed E-state index contributed by atoms with van der Waals surface area (Å²) in [5.74, 6) is 0.923. The van der Waals surface area contributed by atoms with Gasteiger partial charge in [-0.2, -0.15) is 0 Å². The third kappa shape index (κ3) is 7.76. The van der Waals surface area contributed by atoms with Crippen LogP contribution in [0.2, 0.25) is 0 Å². The third-order valence-corrected chi connectivity index (χ3v) is 7.61. The zero-order valence-electron chi connectivity index (χ0n) is 23.2. The number of nitrogens with zero attached hydrogens (tertiary/aromatic N) is 2. The van der Waals surface area contributed by atoms with Gasteiger partial charge in [-0.05, 0) is 61.7 Å². The van der Waals surface area contributed by atoms with E-state index in [1.165, 1.54) is 0 Å². The highest BCUT2D eigenvalue weighted by atomic mass is 32.2. The van der Waals surface area contributed by atoms with Gasteiger partial charge < -0.3 is 23.9 Å². The molecule has 0 bridgehead atoms. The van der Waals surface area contributed by atoms with Crippen LogP contribution in [-0.4, -0.2) is 62.9 Å². The van der Waals surface area contributed by atoms with Gasteiger partial charge in [-0.25, -0.2) is 4.79 Å². The first-order chi connectivity index (χ1) is 19.5. The summed E-state index contributed by atoms with van der Waals surface area (Å²) in [5, 5.41) is 4.15. The van der Waals surface area contributed by atoms with Crippen LogP contribution in [0.3, 0.4) is 0 Å². The normalized spacial score (nSPS) is 18.0. The van der Waals surface area contributed by atoms with E-state index in [-0.39, 0.29) is 17.8 Å². The van der Waals surface area contributed by atoms with Crippen LogP contribution in [0.15, 0.2) is 76.8 Å². The molecule has 0 fully saturated rings. The fourth-order valence-corrected chi connectivity index (χ4v) is 5.58. The van der Waals surface area contributed by atoms with Crippen molar-refractivity contribution in [2.75, 3.05) is 44.1 Å². The number of thioether (sulfide) groups is 1. The molecule has 1 amide bonds. The van der Waals surface area contributed by atoms with Crippen LogP contribution in [0, 0.1) is 5.92 Å². The Morgan fingerprint density at radius 1 is 1.10 bits per heavy atom. The van der Waals surface area contributed by atoms with Crippen molar-refractivity contribution >= 4 is 35.0 Å². The third-order valence-electron chi connectivity index (χ3n) is 6.57.